The van der Waals surface area contributed by atoms with Crippen LogP contribution in [0.15, 0.2) is 54.6 Å². The number of ether oxygens (including phenoxy) is 1. The van der Waals surface area contributed by atoms with E-state index in [-0.39, 0.29) is 39.0 Å². The second-order valence-electron chi connectivity index (χ2n) is 18.3. The van der Waals surface area contributed by atoms with Gasteiger partial charge in [-0.1, -0.05) is 102 Å². The molecule has 7 amide bonds. The fourth-order valence-electron chi connectivity index (χ4n) is 8.52. The number of carbonyl (C=O) groups is 10. The Bertz CT molecular complexity index is 2210. The maximum Gasteiger partial charge on any atom is 0.326 e. The standard InChI is InChI=1S/C49H67N7O14/c1-7-14-35(47(66)55-24-32-18-13-12-17-31(32)21-38(55)49(68)69)52-45(64)37-22-33(70-26-30-15-10-9-11-16-30)25-56(37)48(67)41(27(3)4)53-46(65)42(28(5)8-2)54-43(62)34(19-20-39(58)59)51-44(63)36(23-40(60)61)50-29(6)57/h9-13,15-18,27-28,33-38,41-42H,7-8,14,19-26H2,1-6H3,(H,50,57)(H,51,63)(H,52,64)(H,53,65)(H,54,62)(H,58,59)(H,60,61)(H,68,69)/t28-,33+,34+,35?,36-,37-,38-,41-,42-/m0/s1. The van der Waals surface area contributed by atoms with Crippen molar-refractivity contribution in [3.63, 3.8) is 0 Å². The molecule has 2 aromatic rings. The number of nitrogens with zero attached hydrogens (tertiary/aromatic N) is 2. The Balaban J connectivity index is 1.61. The molecule has 1 unspecified atom stereocenters. The summed E-state index contributed by atoms with van der Waals surface area (Å²) in [6.07, 6.45) is -1.60. The number of amides is 7. The van der Waals surface area contributed by atoms with Crippen LogP contribution in [-0.4, -0.2) is 139 Å². The highest BCUT2D eigenvalue weighted by Crippen LogP contribution is 2.27. The van der Waals surface area contributed by atoms with Crippen LogP contribution >= 0.6 is 0 Å². The summed E-state index contributed by atoms with van der Waals surface area (Å²) >= 11 is 0. The van der Waals surface area contributed by atoms with E-state index in [0.29, 0.717) is 12.8 Å². The van der Waals surface area contributed by atoms with Crippen LogP contribution in [0.1, 0.15) is 103 Å². The van der Waals surface area contributed by atoms with E-state index < -0.39 is 139 Å². The zero-order valence-corrected chi connectivity index (χ0v) is 40.5. The Morgan fingerprint density at radius 3 is 1.89 bits per heavy atom. The van der Waals surface area contributed by atoms with Gasteiger partial charge in [0.15, 0.2) is 0 Å². The molecule has 21 heteroatoms. The molecule has 1 saturated heterocycles. The highest BCUT2D eigenvalue weighted by atomic mass is 16.5. The van der Waals surface area contributed by atoms with E-state index in [4.69, 9.17) is 4.74 Å². The van der Waals surface area contributed by atoms with Crippen LogP contribution in [0, 0.1) is 11.8 Å². The van der Waals surface area contributed by atoms with Crippen LogP contribution in [-0.2, 0) is 72.3 Å². The molecule has 21 nitrogen and oxygen atoms in total. The van der Waals surface area contributed by atoms with Gasteiger partial charge in [-0.2, -0.15) is 0 Å². The maximum atomic E-state index is 14.8. The van der Waals surface area contributed by atoms with Gasteiger partial charge < -0.3 is 56.4 Å². The first-order valence-corrected chi connectivity index (χ1v) is 23.6. The van der Waals surface area contributed by atoms with Gasteiger partial charge in [0.1, 0.15) is 42.3 Å². The van der Waals surface area contributed by atoms with Gasteiger partial charge in [-0.3, -0.25) is 43.2 Å². The number of aliphatic carboxylic acids is 3. The average Bonchev–Trinajstić information content (AvgIpc) is 3.75. The van der Waals surface area contributed by atoms with E-state index in [1.807, 2.05) is 49.4 Å². The van der Waals surface area contributed by atoms with Crippen molar-refractivity contribution in [2.24, 2.45) is 11.8 Å². The first-order valence-electron chi connectivity index (χ1n) is 23.6. The minimum absolute atomic E-state index is 0.00923. The first kappa shape index (κ1) is 55.7. The molecule has 2 aliphatic heterocycles. The lowest BCUT2D eigenvalue weighted by atomic mass is 9.93. The third-order valence-electron chi connectivity index (χ3n) is 12.6. The van der Waals surface area contributed by atoms with Gasteiger partial charge in [0.2, 0.25) is 41.4 Å². The average molecular weight is 978 g/mol. The van der Waals surface area contributed by atoms with Crippen molar-refractivity contribution in [3.8, 4) is 0 Å². The lowest BCUT2D eigenvalue weighted by Crippen LogP contribution is -2.61. The van der Waals surface area contributed by atoms with E-state index in [0.717, 1.165) is 23.6 Å². The summed E-state index contributed by atoms with van der Waals surface area (Å²) in [6.45, 7) is 9.66. The number of nitrogens with one attached hydrogen (secondary N) is 5. The summed E-state index contributed by atoms with van der Waals surface area (Å²) in [5.74, 6) is -10.7. The molecule has 2 heterocycles. The predicted molar refractivity (Wildman–Crippen MR) is 251 cm³/mol. The van der Waals surface area contributed by atoms with Gasteiger partial charge in [0, 0.05) is 39.3 Å². The molecule has 0 saturated carbocycles. The Kier molecular flexibility index (Phi) is 20.8. The highest BCUT2D eigenvalue weighted by molar-refractivity contribution is 5.98. The number of likely N-dealkylation sites (tertiary alicyclic amines) is 1. The second kappa shape index (κ2) is 26.2. The minimum Gasteiger partial charge on any atom is -0.481 e. The Hall–Kier alpha value is -6.90. The molecule has 2 aliphatic rings. The summed E-state index contributed by atoms with van der Waals surface area (Å²) in [5.41, 5.74) is 2.42. The molecule has 0 spiro atoms. The van der Waals surface area contributed by atoms with Gasteiger partial charge in [-0.05, 0) is 41.4 Å². The van der Waals surface area contributed by atoms with Crippen LogP contribution in [0.4, 0.5) is 0 Å². The molecule has 8 N–H and O–H groups in total. The Morgan fingerprint density at radius 2 is 1.30 bits per heavy atom. The monoisotopic (exact) mass is 977 g/mol. The molecule has 9 atom stereocenters. The van der Waals surface area contributed by atoms with Gasteiger partial charge in [0.25, 0.3) is 0 Å². The Labute approximate surface area is 406 Å². The zero-order chi connectivity index (χ0) is 51.8. The first-order chi connectivity index (χ1) is 33.1. The number of carbonyl (C=O) groups excluding carboxylic acids is 7. The predicted octanol–water partition coefficient (Wildman–Crippen LogP) is 1.50. The van der Waals surface area contributed by atoms with Crippen molar-refractivity contribution in [1.82, 2.24) is 36.4 Å². The quantitative estimate of drug-likeness (QED) is 0.0700. The van der Waals surface area contributed by atoms with Crippen LogP contribution < -0.4 is 26.6 Å². The van der Waals surface area contributed by atoms with E-state index in [2.05, 4.69) is 26.6 Å². The zero-order valence-electron chi connectivity index (χ0n) is 40.5. The van der Waals surface area contributed by atoms with Crippen LogP contribution in [0.2, 0.25) is 0 Å². The van der Waals surface area contributed by atoms with E-state index in [1.165, 1.54) is 9.80 Å². The molecule has 0 aliphatic carbocycles. The molecular formula is C49H67N7O14. The van der Waals surface area contributed by atoms with Crippen molar-refractivity contribution in [3.05, 3.63) is 71.3 Å². The van der Waals surface area contributed by atoms with Crippen molar-refractivity contribution in [2.75, 3.05) is 6.54 Å². The third kappa shape index (κ3) is 15.6. The number of carboxylic acid groups (broad SMARTS) is 3. The number of hydrogen-bond acceptors (Lipinski definition) is 11. The lowest BCUT2D eigenvalue weighted by molar-refractivity contribution is -0.153. The van der Waals surface area contributed by atoms with Crippen LogP contribution in [0.25, 0.3) is 0 Å². The second-order valence-corrected chi connectivity index (χ2v) is 18.3. The topological polar surface area (TPSA) is 307 Å². The summed E-state index contributed by atoms with van der Waals surface area (Å²) in [7, 11) is 0. The smallest absolute Gasteiger partial charge is 0.326 e. The SMILES string of the molecule is CCCC(NC(=O)[C@@H]1C[C@@H](OCc2ccccc2)CN1C(=O)[C@@H](NC(=O)[C@@H](NC(=O)[C@@H](CCC(=O)O)NC(=O)[C@H](CC(=O)O)NC(C)=O)[C@@H](C)CC)C(C)C)C(=O)N1Cc2ccccc2C[C@H]1C(=O)O. The third-order valence-corrected chi connectivity index (χ3v) is 12.6. The van der Waals surface area contributed by atoms with Gasteiger partial charge in [-0.25, -0.2) is 4.79 Å². The largest absolute Gasteiger partial charge is 0.481 e. The number of fused-ring (bicyclic) bond motifs is 1. The number of benzene rings is 2. The molecule has 382 valence electrons. The van der Waals surface area contributed by atoms with Gasteiger partial charge in [-0.15, -0.1) is 0 Å². The molecule has 0 radical (unpaired) electrons. The fraction of sp³-hybridized carbons (Fsp3) is 0.551. The summed E-state index contributed by atoms with van der Waals surface area (Å²) < 4.78 is 6.24. The van der Waals surface area contributed by atoms with Crippen molar-refractivity contribution in [2.45, 2.75) is 154 Å². The highest BCUT2D eigenvalue weighted by Gasteiger charge is 2.46. The van der Waals surface area contributed by atoms with E-state index in [1.54, 1.807) is 39.8 Å². The Morgan fingerprint density at radius 1 is 0.671 bits per heavy atom. The van der Waals surface area contributed by atoms with Gasteiger partial charge in [0.05, 0.1) is 19.1 Å². The summed E-state index contributed by atoms with van der Waals surface area (Å²) in [4.78, 5) is 135. The van der Waals surface area contributed by atoms with E-state index >= 15 is 0 Å². The van der Waals surface area contributed by atoms with Crippen LogP contribution in [0.3, 0.4) is 0 Å². The number of hydrogen-bond donors (Lipinski definition) is 8. The van der Waals surface area contributed by atoms with Crippen molar-refractivity contribution < 1.29 is 68.0 Å². The molecule has 70 heavy (non-hydrogen) atoms. The number of carboxylic acids is 3. The molecule has 0 bridgehead atoms. The summed E-state index contributed by atoms with van der Waals surface area (Å²) in [5, 5.41) is 41.6. The maximum absolute atomic E-state index is 14.8. The van der Waals surface area contributed by atoms with E-state index in [9.17, 15) is 63.3 Å². The van der Waals surface area contributed by atoms with Crippen LogP contribution in [0.5, 0.6) is 0 Å². The normalized spacial score (nSPS) is 19.0. The molecular weight excluding hydrogens is 911 g/mol. The molecule has 0 aromatic heterocycles. The molecule has 1 fully saturated rings. The summed E-state index contributed by atoms with van der Waals surface area (Å²) in [6, 6.07) is 7.04. The molecule has 4 rings (SSSR count). The van der Waals surface area contributed by atoms with Crippen molar-refractivity contribution >= 4 is 59.3 Å². The van der Waals surface area contributed by atoms with Gasteiger partial charge >= 0.3 is 17.9 Å². The van der Waals surface area contributed by atoms with Crippen molar-refractivity contribution in [1.29, 1.82) is 0 Å². The fourth-order valence-corrected chi connectivity index (χ4v) is 8.52. The lowest BCUT2D eigenvalue weighted by Gasteiger charge is -2.37. The number of rotatable bonds is 25. The molecule has 2 aromatic carbocycles. The minimum atomic E-state index is -1.61.